The average molecular weight is 767 g/mol. The Kier molecular flexibility index (Phi) is 35.1. The lowest BCUT2D eigenvalue weighted by Crippen LogP contribution is -2.45. The summed E-state index contributed by atoms with van der Waals surface area (Å²) in [5, 5.41) is 13.7. The molecule has 8 nitrogen and oxygen atoms in total. The van der Waals surface area contributed by atoms with Crippen molar-refractivity contribution in [2.24, 2.45) is 0 Å². The molecule has 0 fully saturated rings. The Morgan fingerprint density at radius 3 is 1.62 bits per heavy atom. The summed E-state index contributed by atoms with van der Waals surface area (Å²) in [5.41, 5.74) is 0. The molecule has 3 unspecified atom stereocenters. The SMILES string of the molecule is CCCCC/C=C\C/C=C\C/C=C\CCCCCCCCC(=O)NC(COP(=O)([O-])OCC[N+](C)(C)C)C(O)/C=C/CCCCCCCCCCCC. The summed E-state index contributed by atoms with van der Waals surface area (Å²) in [6.45, 7) is 4.58. The number of nitrogens with zero attached hydrogens (tertiary/aromatic N) is 1. The Hall–Kier alpha value is -1.54. The van der Waals surface area contributed by atoms with E-state index in [0.717, 1.165) is 64.2 Å². The van der Waals surface area contributed by atoms with Gasteiger partial charge in [0.15, 0.2) is 0 Å². The third-order valence-corrected chi connectivity index (χ3v) is 10.2. The summed E-state index contributed by atoms with van der Waals surface area (Å²) in [6.07, 6.45) is 44.3. The van der Waals surface area contributed by atoms with Gasteiger partial charge in [-0.1, -0.05) is 159 Å². The Labute approximate surface area is 327 Å². The molecular weight excluding hydrogens is 683 g/mol. The third-order valence-electron chi connectivity index (χ3n) is 9.28. The van der Waals surface area contributed by atoms with Crippen LogP contribution in [0.4, 0.5) is 0 Å². The van der Waals surface area contributed by atoms with E-state index in [1.54, 1.807) is 6.08 Å². The number of aliphatic hydroxyl groups is 1. The summed E-state index contributed by atoms with van der Waals surface area (Å²) in [7, 11) is 1.24. The van der Waals surface area contributed by atoms with Crippen LogP contribution in [-0.2, 0) is 18.4 Å². The molecule has 0 aromatic rings. The summed E-state index contributed by atoms with van der Waals surface area (Å²) < 4.78 is 23.1. The summed E-state index contributed by atoms with van der Waals surface area (Å²) in [5.74, 6) is -0.213. The molecule has 9 heteroatoms. The molecule has 0 heterocycles. The second kappa shape index (κ2) is 36.1. The highest BCUT2D eigenvalue weighted by molar-refractivity contribution is 7.45. The number of amides is 1. The minimum absolute atomic E-state index is 0.00547. The van der Waals surface area contributed by atoms with E-state index in [2.05, 4.69) is 55.6 Å². The summed E-state index contributed by atoms with van der Waals surface area (Å²) >= 11 is 0. The van der Waals surface area contributed by atoms with Gasteiger partial charge in [-0.05, 0) is 57.8 Å². The van der Waals surface area contributed by atoms with Crippen LogP contribution in [0.3, 0.4) is 0 Å². The van der Waals surface area contributed by atoms with E-state index in [-0.39, 0.29) is 19.1 Å². The predicted molar refractivity (Wildman–Crippen MR) is 224 cm³/mol. The van der Waals surface area contributed by atoms with Gasteiger partial charge in [-0.15, -0.1) is 0 Å². The quantitative estimate of drug-likeness (QED) is 0.0280. The zero-order valence-corrected chi connectivity index (χ0v) is 35.8. The van der Waals surface area contributed by atoms with Crippen LogP contribution in [0, 0.1) is 0 Å². The first-order valence-corrected chi connectivity index (χ1v) is 23.0. The molecule has 3 atom stereocenters. The number of carbonyl (C=O) groups is 1. The first kappa shape index (κ1) is 51.5. The molecule has 1 amide bonds. The number of aliphatic hydroxyl groups excluding tert-OH is 1. The molecule has 0 aliphatic rings. The van der Waals surface area contributed by atoms with Crippen LogP contribution in [0.5, 0.6) is 0 Å². The number of phosphoric acid groups is 1. The van der Waals surface area contributed by atoms with Crippen LogP contribution in [-0.4, -0.2) is 68.5 Å². The Balaban J connectivity index is 4.45. The van der Waals surface area contributed by atoms with Crippen molar-refractivity contribution in [2.45, 2.75) is 187 Å². The van der Waals surface area contributed by atoms with Gasteiger partial charge in [0.2, 0.25) is 5.91 Å². The fourth-order valence-electron chi connectivity index (χ4n) is 5.80. The molecule has 0 bridgehead atoms. The van der Waals surface area contributed by atoms with E-state index in [9.17, 15) is 19.4 Å². The lowest BCUT2D eigenvalue weighted by atomic mass is 10.1. The molecule has 0 aliphatic heterocycles. The number of allylic oxidation sites excluding steroid dienone is 7. The van der Waals surface area contributed by atoms with E-state index in [4.69, 9.17) is 9.05 Å². The third kappa shape index (κ3) is 38.5. The number of nitrogens with one attached hydrogen (secondary N) is 1. The maximum absolute atomic E-state index is 12.8. The summed E-state index contributed by atoms with van der Waals surface area (Å²) in [4.78, 5) is 25.2. The highest BCUT2D eigenvalue weighted by atomic mass is 31.2. The highest BCUT2D eigenvalue weighted by Crippen LogP contribution is 2.38. The van der Waals surface area contributed by atoms with Crippen LogP contribution in [0.25, 0.3) is 0 Å². The van der Waals surface area contributed by atoms with E-state index in [1.165, 1.54) is 89.9 Å². The van der Waals surface area contributed by atoms with Gasteiger partial charge in [0, 0.05) is 6.42 Å². The van der Waals surface area contributed by atoms with Crippen molar-refractivity contribution in [3.63, 3.8) is 0 Å². The molecule has 0 rings (SSSR count). The largest absolute Gasteiger partial charge is 0.756 e. The minimum Gasteiger partial charge on any atom is -0.756 e. The van der Waals surface area contributed by atoms with Crippen LogP contribution in [0.2, 0.25) is 0 Å². The second-order valence-electron chi connectivity index (χ2n) is 15.7. The highest BCUT2D eigenvalue weighted by Gasteiger charge is 2.23. The number of carbonyl (C=O) groups excluding carboxylic acids is 1. The van der Waals surface area contributed by atoms with Crippen molar-refractivity contribution >= 4 is 13.7 Å². The predicted octanol–water partition coefficient (Wildman–Crippen LogP) is 11.1. The maximum atomic E-state index is 12.8. The first-order valence-electron chi connectivity index (χ1n) is 21.5. The van der Waals surface area contributed by atoms with Gasteiger partial charge in [-0.2, -0.15) is 0 Å². The smallest absolute Gasteiger partial charge is 0.268 e. The zero-order chi connectivity index (χ0) is 39.3. The fraction of sp³-hybridized carbons (Fsp3) is 0.795. The normalized spacial score (nSPS) is 14.9. The van der Waals surface area contributed by atoms with Crippen molar-refractivity contribution in [1.82, 2.24) is 5.32 Å². The maximum Gasteiger partial charge on any atom is 0.268 e. The Morgan fingerprint density at radius 1 is 0.660 bits per heavy atom. The zero-order valence-electron chi connectivity index (χ0n) is 35.0. The Morgan fingerprint density at radius 2 is 1.09 bits per heavy atom. The van der Waals surface area contributed by atoms with Crippen molar-refractivity contribution < 1.29 is 32.9 Å². The van der Waals surface area contributed by atoms with Crippen LogP contribution < -0.4 is 10.2 Å². The minimum atomic E-state index is -4.59. The van der Waals surface area contributed by atoms with E-state index in [0.29, 0.717) is 17.4 Å². The first-order chi connectivity index (χ1) is 25.5. The number of quaternary nitrogens is 1. The molecule has 0 saturated heterocycles. The van der Waals surface area contributed by atoms with Gasteiger partial charge in [0.1, 0.15) is 13.2 Å². The van der Waals surface area contributed by atoms with Crippen LogP contribution in [0.15, 0.2) is 48.6 Å². The van der Waals surface area contributed by atoms with Crippen LogP contribution >= 0.6 is 7.82 Å². The number of unbranched alkanes of at least 4 members (excludes halogenated alkanes) is 19. The van der Waals surface area contributed by atoms with Gasteiger partial charge in [-0.25, -0.2) is 0 Å². The van der Waals surface area contributed by atoms with E-state index >= 15 is 0 Å². The molecule has 53 heavy (non-hydrogen) atoms. The van der Waals surface area contributed by atoms with Crippen molar-refractivity contribution in [3.05, 3.63) is 48.6 Å². The van der Waals surface area contributed by atoms with Crippen molar-refractivity contribution in [2.75, 3.05) is 40.9 Å². The molecule has 2 N–H and O–H groups in total. The summed E-state index contributed by atoms with van der Waals surface area (Å²) in [6, 6.07) is -0.892. The van der Waals surface area contributed by atoms with Gasteiger partial charge in [-0.3, -0.25) is 9.36 Å². The number of phosphoric ester groups is 1. The molecule has 0 aromatic heterocycles. The fourth-order valence-corrected chi connectivity index (χ4v) is 6.53. The second-order valence-corrected chi connectivity index (χ2v) is 17.1. The van der Waals surface area contributed by atoms with E-state index in [1.807, 2.05) is 27.2 Å². The molecule has 0 aliphatic carbocycles. The standard InChI is InChI=1S/C44H83N2O6P/c1-6-8-10-12-14-16-18-20-21-22-23-24-25-26-28-30-32-34-36-38-44(48)45-42(41-52-53(49,50)51-40-39-46(3,4)5)43(47)37-35-33-31-29-27-19-17-15-13-11-9-7-2/h14,16,20-21,23-24,35,37,42-43,47H,6-13,15,17-19,22,25-34,36,38-41H2,1-5H3,(H-,45,48,49,50)/b16-14-,21-20-,24-23-,37-35+. The van der Waals surface area contributed by atoms with Crippen molar-refractivity contribution in [3.8, 4) is 0 Å². The molecular formula is C44H83N2O6P. The topological polar surface area (TPSA) is 108 Å². The van der Waals surface area contributed by atoms with Gasteiger partial charge >= 0.3 is 0 Å². The monoisotopic (exact) mass is 767 g/mol. The lowest BCUT2D eigenvalue weighted by Gasteiger charge is -2.29. The van der Waals surface area contributed by atoms with Gasteiger partial charge in [0.25, 0.3) is 7.82 Å². The molecule has 0 radical (unpaired) electrons. The lowest BCUT2D eigenvalue weighted by molar-refractivity contribution is -0.870. The molecule has 0 saturated carbocycles. The average Bonchev–Trinajstić information content (AvgIpc) is 3.10. The number of likely N-dealkylation sites (N-methyl/N-ethyl adjacent to an activating group) is 1. The van der Waals surface area contributed by atoms with Crippen LogP contribution in [0.1, 0.15) is 174 Å². The number of hydrogen-bond donors (Lipinski definition) is 2. The molecule has 0 spiro atoms. The van der Waals surface area contributed by atoms with E-state index < -0.39 is 20.0 Å². The Bertz CT molecular complexity index is 1010. The van der Waals surface area contributed by atoms with Crippen molar-refractivity contribution in [1.29, 1.82) is 0 Å². The number of rotatable bonds is 38. The molecule has 0 aromatic carbocycles. The molecule has 310 valence electrons. The van der Waals surface area contributed by atoms with Gasteiger partial charge < -0.3 is 28.8 Å². The number of hydrogen-bond acceptors (Lipinski definition) is 6. The van der Waals surface area contributed by atoms with Gasteiger partial charge in [0.05, 0.1) is 39.9 Å².